The topological polar surface area (TPSA) is 61.6 Å². The van der Waals surface area contributed by atoms with Crippen molar-refractivity contribution in [1.82, 2.24) is 19.6 Å². The van der Waals surface area contributed by atoms with Crippen molar-refractivity contribution in [3.05, 3.63) is 18.0 Å². The molecule has 1 aliphatic rings. The Bertz CT molecular complexity index is 498. The van der Waals surface area contributed by atoms with Crippen molar-refractivity contribution in [3.63, 3.8) is 0 Å². The number of aliphatic hydroxyl groups is 1. The molecular weight excluding hydrogens is 280 g/mol. The number of hydrogen-bond acceptors (Lipinski definition) is 4. The van der Waals surface area contributed by atoms with E-state index in [0.717, 1.165) is 19.5 Å². The Labute approximate surface area is 132 Å². The number of rotatable bonds is 4. The molecule has 0 spiro atoms. The minimum Gasteiger partial charge on any atom is -0.392 e. The van der Waals surface area contributed by atoms with E-state index in [2.05, 4.69) is 30.8 Å². The second-order valence-electron chi connectivity index (χ2n) is 7.00. The fourth-order valence-electron chi connectivity index (χ4n) is 2.54. The largest absolute Gasteiger partial charge is 0.392 e. The average Bonchev–Trinajstić information content (AvgIpc) is 2.97. The highest BCUT2D eigenvalue weighted by Gasteiger charge is 2.25. The first-order valence-electron chi connectivity index (χ1n) is 8.06. The molecule has 22 heavy (non-hydrogen) atoms. The first kappa shape index (κ1) is 17.0. The molecule has 2 heterocycles. The van der Waals surface area contributed by atoms with Gasteiger partial charge in [-0.3, -0.25) is 14.4 Å². The van der Waals surface area contributed by atoms with Gasteiger partial charge in [0.15, 0.2) is 0 Å². The predicted molar refractivity (Wildman–Crippen MR) is 85.9 cm³/mol. The minimum atomic E-state index is -0.271. The summed E-state index contributed by atoms with van der Waals surface area (Å²) in [6, 6.07) is 0. The van der Waals surface area contributed by atoms with Crippen LogP contribution in [0.15, 0.2) is 12.4 Å². The first-order valence-corrected chi connectivity index (χ1v) is 8.06. The second-order valence-corrected chi connectivity index (χ2v) is 7.00. The Hall–Kier alpha value is -1.40. The molecule has 0 radical (unpaired) electrons. The van der Waals surface area contributed by atoms with Gasteiger partial charge in [-0.2, -0.15) is 5.10 Å². The van der Waals surface area contributed by atoms with E-state index in [-0.39, 0.29) is 17.6 Å². The van der Waals surface area contributed by atoms with Crippen molar-refractivity contribution in [2.75, 3.05) is 32.7 Å². The smallest absolute Gasteiger partial charge is 0.257 e. The van der Waals surface area contributed by atoms with Crippen LogP contribution in [0, 0.1) is 0 Å². The van der Waals surface area contributed by atoms with E-state index >= 15 is 0 Å². The Morgan fingerprint density at radius 2 is 1.95 bits per heavy atom. The fraction of sp³-hybridized carbons (Fsp3) is 0.750. The molecule has 1 unspecified atom stereocenters. The fourth-order valence-corrected chi connectivity index (χ4v) is 2.54. The standard InChI is InChI=1S/C16H28N4O2/c1-5-14(21)12-18-6-8-19(9-7-18)15(22)13-10-17-20(11-13)16(2,3)4/h10-11,14,21H,5-9,12H2,1-4H3. The summed E-state index contributed by atoms with van der Waals surface area (Å²) in [5.74, 6) is 0.0474. The van der Waals surface area contributed by atoms with E-state index < -0.39 is 0 Å². The van der Waals surface area contributed by atoms with Gasteiger partial charge in [-0.25, -0.2) is 0 Å². The van der Waals surface area contributed by atoms with Crippen LogP contribution in [0.3, 0.4) is 0 Å². The summed E-state index contributed by atoms with van der Waals surface area (Å²) in [5.41, 5.74) is 0.532. The number of aromatic nitrogens is 2. The summed E-state index contributed by atoms with van der Waals surface area (Å²) in [4.78, 5) is 16.6. The number of amides is 1. The number of aliphatic hydroxyl groups excluding tert-OH is 1. The van der Waals surface area contributed by atoms with Crippen LogP contribution in [0.2, 0.25) is 0 Å². The Kier molecular flexibility index (Phi) is 5.24. The summed E-state index contributed by atoms with van der Waals surface area (Å²) >= 11 is 0. The summed E-state index contributed by atoms with van der Waals surface area (Å²) < 4.78 is 1.83. The summed E-state index contributed by atoms with van der Waals surface area (Å²) in [6.07, 6.45) is 3.98. The molecule has 1 aromatic heterocycles. The zero-order chi connectivity index (χ0) is 16.3. The third kappa shape index (κ3) is 4.08. The zero-order valence-electron chi connectivity index (χ0n) is 14.1. The van der Waals surface area contributed by atoms with Gasteiger partial charge in [0.2, 0.25) is 0 Å². The quantitative estimate of drug-likeness (QED) is 0.907. The van der Waals surface area contributed by atoms with Crippen LogP contribution in [0.4, 0.5) is 0 Å². The van der Waals surface area contributed by atoms with Crippen LogP contribution in [-0.4, -0.2) is 69.4 Å². The lowest BCUT2D eigenvalue weighted by Crippen LogP contribution is -2.50. The van der Waals surface area contributed by atoms with Crippen LogP contribution in [0.5, 0.6) is 0 Å². The van der Waals surface area contributed by atoms with Gasteiger partial charge in [-0.1, -0.05) is 6.92 Å². The first-order chi connectivity index (χ1) is 10.3. The van der Waals surface area contributed by atoms with E-state index in [9.17, 15) is 9.90 Å². The van der Waals surface area contributed by atoms with Gasteiger partial charge in [-0.05, 0) is 27.2 Å². The van der Waals surface area contributed by atoms with Crippen molar-refractivity contribution in [2.24, 2.45) is 0 Å². The molecule has 124 valence electrons. The van der Waals surface area contributed by atoms with Crippen LogP contribution < -0.4 is 0 Å². The molecule has 0 saturated carbocycles. The number of hydrogen-bond donors (Lipinski definition) is 1. The van der Waals surface area contributed by atoms with Gasteiger partial charge < -0.3 is 10.0 Å². The Balaban J connectivity index is 1.91. The maximum absolute atomic E-state index is 12.5. The maximum atomic E-state index is 12.5. The van der Waals surface area contributed by atoms with Gasteiger partial charge in [-0.15, -0.1) is 0 Å². The van der Waals surface area contributed by atoms with Crippen LogP contribution in [0.1, 0.15) is 44.5 Å². The third-order valence-electron chi connectivity index (χ3n) is 4.12. The molecule has 1 atom stereocenters. The molecule has 2 rings (SSSR count). The molecule has 0 aliphatic carbocycles. The van der Waals surface area contributed by atoms with Crippen LogP contribution in [-0.2, 0) is 5.54 Å². The van der Waals surface area contributed by atoms with Crippen molar-refractivity contribution in [3.8, 4) is 0 Å². The second kappa shape index (κ2) is 6.79. The highest BCUT2D eigenvalue weighted by Crippen LogP contribution is 2.15. The number of nitrogens with zero attached hydrogens (tertiary/aromatic N) is 4. The van der Waals surface area contributed by atoms with Crippen LogP contribution in [0.25, 0.3) is 0 Å². The molecule has 1 saturated heterocycles. The molecule has 0 bridgehead atoms. The monoisotopic (exact) mass is 308 g/mol. The third-order valence-corrected chi connectivity index (χ3v) is 4.12. The number of piperazine rings is 1. The lowest BCUT2D eigenvalue weighted by Gasteiger charge is -2.35. The van der Waals surface area contributed by atoms with Crippen molar-refractivity contribution >= 4 is 5.91 Å². The van der Waals surface area contributed by atoms with E-state index in [1.165, 1.54) is 0 Å². The van der Waals surface area contributed by atoms with Gasteiger partial charge in [0.1, 0.15) is 0 Å². The molecule has 0 aromatic carbocycles. The SMILES string of the molecule is CCC(O)CN1CCN(C(=O)c2cnn(C(C)(C)C)c2)CC1. The highest BCUT2D eigenvalue weighted by molar-refractivity contribution is 5.93. The Morgan fingerprint density at radius 3 is 2.45 bits per heavy atom. The van der Waals surface area contributed by atoms with Crippen LogP contribution >= 0.6 is 0 Å². The Morgan fingerprint density at radius 1 is 1.32 bits per heavy atom. The van der Waals surface area contributed by atoms with E-state index in [0.29, 0.717) is 25.2 Å². The van der Waals surface area contributed by atoms with E-state index in [1.807, 2.05) is 22.7 Å². The van der Waals surface area contributed by atoms with Crippen molar-refractivity contribution in [1.29, 1.82) is 0 Å². The van der Waals surface area contributed by atoms with Gasteiger partial charge >= 0.3 is 0 Å². The molecular formula is C16H28N4O2. The number of carbonyl (C=O) groups is 1. The molecule has 1 fully saturated rings. The summed E-state index contributed by atoms with van der Waals surface area (Å²) in [7, 11) is 0. The zero-order valence-corrected chi connectivity index (χ0v) is 14.1. The molecule has 6 heteroatoms. The minimum absolute atomic E-state index is 0.0474. The predicted octanol–water partition coefficient (Wildman–Crippen LogP) is 1.17. The van der Waals surface area contributed by atoms with Gasteiger partial charge in [0.25, 0.3) is 5.91 Å². The summed E-state index contributed by atoms with van der Waals surface area (Å²) in [5, 5.41) is 14.0. The number of carbonyl (C=O) groups excluding carboxylic acids is 1. The molecule has 6 nitrogen and oxygen atoms in total. The molecule has 1 N–H and O–H groups in total. The molecule has 1 aliphatic heterocycles. The average molecular weight is 308 g/mol. The lowest BCUT2D eigenvalue weighted by atomic mass is 10.1. The normalized spacial score (nSPS) is 18.5. The maximum Gasteiger partial charge on any atom is 0.257 e. The highest BCUT2D eigenvalue weighted by atomic mass is 16.3. The lowest BCUT2D eigenvalue weighted by molar-refractivity contribution is 0.0523. The molecule has 1 amide bonds. The van der Waals surface area contributed by atoms with Gasteiger partial charge in [0, 0.05) is 38.9 Å². The van der Waals surface area contributed by atoms with Crippen molar-refractivity contribution < 1.29 is 9.90 Å². The molecule has 1 aromatic rings. The number of β-amino-alcohol motifs (C(OH)–C–C–N with tert-alkyl or cyclic N) is 1. The summed E-state index contributed by atoms with van der Waals surface area (Å²) in [6.45, 7) is 11.9. The van der Waals surface area contributed by atoms with E-state index in [1.54, 1.807) is 6.20 Å². The van der Waals surface area contributed by atoms with Gasteiger partial charge in [0.05, 0.1) is 23.4 Å². The van der Waals surface area contributed by atoms with E-state index in [4.69, 9.17) is 0 Å². The van der Waals surface area contributed by atoms with Crippen molar-refractivity contribution in [2.45, 2.75) is 45.8 Å².